The van der Waals surface area contributed by atoms with Gasteiger partial charge in [0.2, 0.25) is 5.91 Å². The van der Waals surface area contributed by atoms with E-state index in [2.05, 4.69) is 9.98 Å². The number of hydrogen-bond acceptors (Lipinski definition) is 4. The zero-order valence-corrected chi connectivity index (χ0v) is 17.3. The fraction of sp³-hybridized carbons (Fsp3) is 0.238. The Morgan fingerprint density at radius 1 is 1.31 bits per heavy atom. The number of benzene rings is 1. The molecule has 1 aliphatic rings. The molecule has 2 atom stereocenters. The van der Waals surface area contributed by atoms with E-state index in [0.717, 1.165) is 11.1 Å². The van der Waals surface area contributed by atoms with Gasteiger partial charge in [-0.1, -0.05) is 35.9 Å². The van der Waals surface area contributed by atoms with Crippen LogP contribution in [0.25, 0.3) is 0 Å². The van der Waals surface area contributed by atoms with Gasteiger partial charge in [-0.15, -0.1) is 11.3 Å². The first-order valence-corrected chi connectivity index (χ1v) is 10.4. The first-order chi connectivity index (χ1) is 14.0. The van der Waals surface area contributed by atoms with Crippen LogP contribution in [0.3, 0.4) is 0 Å². The topological polar surface area (TPSA) is 67.6 Å². The maximum Gasteiger partial charge on any atom is 0.254 e. The Labute approximate surface area is 177 Å². The van der Waals surface area contributed by atoms with E-state index < -0.39 is 5.92 Å². The van der Waals surface area contributed by atoms with Crippen molar-refractivity contribution in [2.75, 3.05) is 7.05 Å². The molecule has 3 heterocycles. The molecule has 0 N–H and O–H groups in total. The van der Waals surface area contributed by atoms with Gasteiger partial charge in [0.25, 0.3) is 5.91 Å². The number of rotatable bonds is 4. The van der Waals surface area contributed by atoms with Crippen molar-refractivity contribution in [3.05, 3.63) is 81.3 Å². The molecule has 2 amide bonds. The highest BCUT2D eigenvalue weighted by atomic mass is 35.5. The van der Waals surface area contributed by atoms with Crippen LogP contribution in [0.2, 0.25) is 5.02 Å². The number of hydrogen-bond donors (Lipinski definition) is 0. The predicted octanol–water partition coefficient (Wildman–Crippen LogP) is 3.29. The Kier molecular flexibility index (Phi) is 5.60. The number of halogens is 1. The minimum Gasteiger partial charge on any atom is -0.338 e. The number of pyridine rings is 1. The molecule has 148 valence electrons. The molecule has 0 saturated carbocycles. The van der Waals surface area contributed by atoms with Crippen LogP contribution < -0.4 is 4.80 Å². The molecule has 2 unspecified atom stereocenters. The second kappa shape index (κ2) is 8.31. The van der Waals surface area contributed by atoms with Crippen molar-refractivity contribution in [2.24, 2.45) is 10.9 Å². The van der Waals surface area contributed by atoms with Crippen LogP contribution in [0.1, 0.15) is 23.6 Å². The summed E-state index contributed by atoms with van der Waals surface area (Å²) in [4.78, 5) is 36.1. The first kappa shape index (κ1) is 19.5. The standard InChI is InChI=1S/C21H19ClN4O2S/c1-25-18(27)11-16(19(25)14-6-4-8-23-12-14)20(28)24-21-26(9-10-29-21)13-15-5-2-3-7-17(15)22/h2-10,12,16,19H,11,13H2,1H3. The molecule has 8 heteroatoms. The summed E-state index contributed by atoms with van der Waals surface area (Å²) in [6, 6.07) is 10.9. The Morgan fingerprint density at radius 2 is 2.14 bits per heavy atom. The van der Waals surface area contributed by atoms with Crippen molar-refractivity contribution < 1.29 is 9.59 Å². The lowest BCUT2D eigenvalue weighted by Gasteiger charge is -2.23. The summed E-state index contributed by atoms with van der Waals surface area (Å²) in [5.74, 6) is -0.901. The monoisotopic (exact) mass is 426 g/mol. The molecule has 0 radical (unpaired) electrons. The summed E-state index contributed by atoms with van der Waals surface area (Å²) in [6.07, 6.45) is 5.40. The summed E-state index contributed by atoms with van der Waals surface area (Å²) in [5, 5.41) is 2.55. The summed E-state index contributed by atoms with van der Waals surface area (Å²) < 4.78 is 1.89. The molecule has 1 aromatic carbocycles. The van der Waals surface area contributed by atoms with Crippen LogP contribution in [0.4, 0.5) is 0 Å². The van der Waals surface area contributed by atoms with Gasteiger partial charge in [0.1, 0.15) is 0 Å². The Hall–Kier alpha value is -2.77. The highest BCUT2D eigenvalue weighted by Gasteiger charge is 2.42. The van der Waals surface area contributed by atoms with E-state index in [1.807, 2.05) is 52.5 Å². The van der Waals surface area contributed by atoms with Gasteiger partial charge in [-0.3, -0.25) is 14.6 Å². The summed E-state index contributed by atoms with van der Waals surface area (Å²) in [6.45, 7) is 0.519. The molecule has 1 fully saturated rings. The van der Waals surface area contributed by atoms with E-state index in [4.69, 9.17) is 11.6 Å². The van der Waals surface area contributed by atoms with Crippen LogP contribution in [0.15, 0.2) is 65.4 Å². The number of carbonyl (C=O) groups excluding carboxylic acids is 2. The average Bonchev–Trinajstić information content (AvgIpc) is 3.28. The highest BCUT2D eigenvalue weighted by molar-refractivity contribution is 7.07. The molecule has 4 rings (SSSR count). The molecular formula is C21H19ClN4O2S. The van der Waals surface area contributed by atoms with Crippen LogP contribution in [-0.4, -0.2) is 33.3 Å². The van der Waals surface area contributed by atoms with Crippen molar-refractivity contribution >= 4 is 34.8 Å². The van der Waals surface area contributed by atoms with Gasteiger partial charge < -0.3 is 9.47 Å². The lowest BCUT2D eigenvalue weighted by atomic mass is 9.94. The Balaban J connectivity index is 1.64. The fourth-order valence-corrected chi connectivity index (χ4v) is 4.52. The third-order valence-corrected chi connectivity index (χ3v) is 6.26. The molecule has 1 saturated heterocycles. The van der Waals surface area contributed by atoms with Crippen molar-refractivity contribution in [3.63, 3.8) is 0 Å². The Bertz CT molecular complexity index is 1110. The molecular weight excluding hydrogens is 408 g/mol. The first-order valence-electron chi connectivity index (χ1n) is 9.16. The van der Waals surface area contributed by atoms with Crippen molar-refractivity contribution in [1.29, 1.82) is 0 Å². The van der Waals surface area contributed by atoms with E-state index in [1.54, 1.807) is 24.3 Å². The van der Waals surface area contributed by atoms with E-state index >= 15 is 0 Å². The second-order valence-corrected chi connectivity index (χ2v) is 8.18. The maximum atomic E-state index is 13.1. The molecule has 29 heavy (non-hydrogen) atoms. The molecule has 0 aliphatic carbocycles. The molecule has 2 aromatic heterocycles. The molecule has 0 spiro atoms. The minimum atomic E-state index is -0.535. The van der Waals surface area contributed by atoms with E-state index in [9.17, 15) is 9.59 Å². The van der Waals surface area contributed by atoms with Gasteiger partial charge in [0, 0.05) is 42.5 Å². The smallest absolute Gasteiger partial charge is 0.254 e. The zero-order chi connectivity index (χ0) is 20.4. The number of carbonyl (C=O) groups is 2. The summed E-state index contributed by atoms with van der Waals surface area (Å²) >= 11 is 7.65. The summed E-state index contributed by atoms with van der Waals surface area (Å²) in [5.41, 5.74) is 1.79. The molecule has 6 nitrogen and oxygen atoms in total. The predicted molar refractivity (Wildman–Crippen MR) is 111 cm³/mol. The average molecular weight is 427 g/mol. The van der Waals surface area contributed by atoms with Crippen LogP contribution >= 0.6 is 22.9 Å². The number of aromatic nitrogens is 2. The normalized spacial score (nSPS) is 19.7. The number of thiazole rings is 1. The fourth-order valence-electron chi connectivity index (χ4n) is 3.59. The SMILES string of the molecule is CN1C(=O)CC(C(=O)N=c2sccn2Cc2ccccc2Cl)C1c1cccnc1. The lowest BCUT2D eigenvalue weighted by Crippen LogP contribution is -2.27. The third-order valence-electron chi connectivity index (χ3n) is 5.09. The van der Waals surface area contributed by atoms with Crippen molar-refractivity contribution in [3.8, 4) is 0 Å². The minimum absolute atomic E-state index is 0.0671. The second-order valence-electron chi connectivity index (χ2n) is 6.90. The number of likely N-dealkylation sites (tertiary alicyclic amines) is 1. The van der Waals surface area contributed by atoms with Crippen molar-refractivity contribution in [2.45, 2.75) is 19.0 Å². The van der Waals surface area contributed by atoms with Crippen LogP contribution in [0.5, 0.6) is 0 Å². The van der Waals surface area contributed by atoms with Gasteiger partial charge >= 0.3 is 0 Å². The number of nitrogens with zero attached hydrogens (tertiary/aromatic N) is 4. The molecule has 1 aliphatic heterocycles. The third kappa shape index (κ3) is 4.02. The highest BCUT2D eigenvalue weighted by Crippen LogP contribution is 2.37. The quantitative estimate of drug-likeness (QED) is 0.642. The maximum absolute atomic E-state index is 13.1. The van der Waals surface area contributed by atoms with E-state index in [1.165, 1.54) is 11.3 Å². The van der Waals surface area contributed by atoms with Gasteiger partial charge in [0.05, 0.1) is 18.5 Å². The Morgan fingerprint density at radius 3 is 2.90 bits per heavy atom. The van der Waals surface area contributed by atoms with Gasteiger partial charge in [-0.2, -0.15) is 4.99 Å². The van der Waals surface area contributed by atoms with Crippen molar-refractivity contribution in [1.82, 2.24) is 14.5 Å². The van der Waals surface area contributed by atoms with E-state index in [0.29, 0.717) is 16.4 Å². The zero-order valence-electron chi connectivity index (χ0n) is 15.7. The molecule has 0 bridgehead atoms. The van der Waals surface area contributed by atoms with Crippen LogP contribution in [-0.2, 0) is 16.1 Å². The van der Waals surface area contributed by atoms with Gasteiger partial charge in [0.15, 0.2) is 4.80 Å². The van der Waals surface area contributed by atoms with Crippen LogP contribution in [0, 0.1) is 5.92 Å². The number of amides is 2. The lowest BCUT2D eigenvalue weighted by molar-refractivity contribution is -0.128. The van der Waals surface area contributed by atoms with Gasteiger partial charge in [-0.05, 0) is 23.3 Å². The summed E-state index contributed by atoms with van der Waals surface area (Å²) in [7, 11) is 1.72. The molecule has 3 aromatic rings. The largest absolute Gasteiger partial charge is 0.338 e. The van der Waals surface area contributed by atoms with Gasteiger partial charge in [-0.25, -0.2) is 0 Å². The van der Waals surface area contributed by atoms with E-state index in [-0.39, 0.29) is 24.3 Å².